The minimum atomic E-state index is -1.16. The molecular formula is C14H16N2O5. The van der Waals surface area contributed by atoms with E-state index in [2.05, 4.69) is 4.98 Å². The van der Waals surface area contributed by atoms with Crippen molar-refractivity contribution >= 4 is 17.0 Å². The number of benzene rings is 1. The number of ether oxygens (including phenoxy) is 1. The number of hydrogen-bond acceptors (Lipinski definition) is 4. The van der Waals surface area contributed by atoms with Gasteiger partial charge in [0.05, 0.1) is 23.2 Å². The van der Waals surface area contributed by atoms with Crippen LogP contribution in [0.1, 0.15) is 17.3 Å². The molecule has 1 heterocycles. The van der Waals surface area contributed by atoms with Gasteiger partial charge in [-0.05, 0) is 18.1 Å². The molecule has 1 unspecified atom stereocenters. The Morgan fingerprint density at radius 1 is 1.43 bits per heavy atom. The maximum absolute atomic E-state index is 12.0. The fraction of sp³-hybridized carbons (Fsp3) is 0.357. The summed E-state index contributed by atoms with van der Waals surface area (Å²) in [6.07, 6.45) is 0. The zero-order chi connectivity index (χ0) is 15.6. The van der Waals surface area contributed by atoms with Crippen LogP contribution in [0.2, 0.25) is 0 Å². The van der Waals surface area contributed by atoms with Crippen molar-refractivity contribution in [3.63, 3.8) is 0 Å². The highest BCUT2D eigenvalue weighted by molar-refractivity contribution is 6.00. The Morgan fingerprint density at radius 3 is 2.76 bits per heavy atom. The molecule has 0 fully saturated rings. The van der Waals surface area contributed by atoms with E-state index in [9.17, 15) is 19.5 Å². The number of H-pyrrole nitrogens is 1. The van der Waals surface area contributed by atoms with Crippen LogP contribution in [-0.2, 0) is 11.3 Å². The van der Waals surface area contributed by atoms with Crippen molar-refractivity contribution in [2.45, 2.75) is 13.5 Å². The Hall–Kier alpha value is -2.41. The molecule has 0 saturated carbocycles. The van der Waals surface area contributed by atoms with Gasteiger partial charge in [0.1, 0.15) is 0 Å². The Labute approximate surface area is 119 Å². The van der Waals surface area contributed by atoms with Crippen LogP contribution in [0.5, 0.6) is 0 Å². The van der Waals surface area contributed by atoms with Crippen LogP contribution >= 0.6 is 0 Å². The predicted molar refractivity (Wildman–Crippen MR) is 76.8 cm³/mol. The Morgan fingerprint density at radius 2 is 2.14 bits per heavy atom. The van der Waals surface area contributed by atoms with Crippen LogP contribution in [0.4, 0.5) is 0 Å². The summed E-state index contributed by atoms with van der Waals surface area (Å²) in [5, 5.41) is 9.17. The monoisotopic (exact) mass is 292 g/mol. The maximum Gasteiger partial charge on any atom is 0.337 e. The van der Waals surface area contributed by atoms with Crippen LogP contribution in [0, 0.1) is 5.92 Å². The van der Waals surface area contributed by atoms with Crippen molar-refractivity contribution in [1.82, 2.24) is 9.55 Å². The van der Waals surface area contributed by atoms with Gasteiger partial charge in [-0.2, -0.15) is 0 Å². The van der Waals surface area contributed by atoms with Gasteiger partial charge in [-0.1, -0.05) is 13.0 Å². The molecule has 1 atom stereocenters. The number of rotatable bonds is 5. The number of nitrogens with one attached hydrogen (secondary N) is 1. The van der Waals surface area contributed by atoms with Gasteiger partial charge in [-0.15, -0.1) is 0 Å². The summed E-state index contributed by atoms with van der Waals surface area (Å²) in [6.45, 7) is 2.58. The molecule has 7 nitrogen and oxygen atoms in total. The Balaban J connectivity index is 2.71. The average molecular weight is 292 g/mol. The fourth-order valence-corrected chi connectivity index (χ4v) is 2.30. The topological polar surface area (TPSA) is 101 Å². The van der Waals surface area contributed by atoms with Crippen molar-refractivity contribution in [3.05, 3.63) is 44.5 Å². The van der Waals surface area contributed by atoms with E-state index in [1.807, 2.05) is 6.92 Å². The molecule has 21 heavy (non-hydrogen) atoms. The number of nitrogens with zero attached hydrogens (tertiary/aromatic N) is 1. The van der Waals surface area contributed by atoms with Crippen molar-refractivity contribution in [3.8, 4) is 0 Å². The molecule has 7 heteroatoms. The van der Waals surface area contributed by atoms with E-state index < -0.39 is 17.1 Å². The van der Waals surface area contributed by atoms with Crippen molar-refractivity contribution in [2.24, 2.45) is 5.92 Å². The van der Waals surface area contributed by atoms with Gasteiger partial charge >= 0.3 is 17.1 Å². The summed E-state index contributed by atoms with van der Waals surface area (Å²) in [5.41, 5.74) is -1.03. The second-order valence-electron chi connectivity index (χ2n) is 4.94. The standard InChI is InChI=1S/C14H16N2O5/c1-8(7-21-2)6-16-10-5-3-4-9(14(19)20)11(10)15-12(17)13(16)18/h3-5,8H,6-7H2,1-2H3,(H,15,17)(H,19,20). The summed E-state index contributed by atoms with van der Waals surface area (Å²) in [7, 11) is 1.55. The molecule has 0 spiro atoms. The van der Waals surface area contributed by atoms with Crippen LogP contribution in [0.15, 0.2) is 27.8 Å². The first-order valence-corrected chi connectivity index (χ1v) is 6.43. The fourth-order valence-electron chi connectivity index (χ4n) is 2.30. The zero-order valence-electron chi connectivity index (χ0n) is 11.8. The number of carboxylic acid groups (broad SMARTS) is 1. The minimum absolute atomic E-state index is 0.00573. The van der Waals surface area contributed by atoms with Crippen LogP contribution in [0.25, 0.3) is 11.0 Å². The highest BCUT2D eigenvalue weighted by Gasteiger charge is 2.15. The van der Waals surface area contributed by atoms with Crippen molar-refractivity contribution in [1.29, 1.82) is 0 Å². The third-order valence-electron chi connectivity index (χ3n) is 3.19. The number of fused-ring (bicyclic) bond motifs is 1. The third-order valence-corrected chi connectivity index (χ3v) is 3.19. The molecular weight excluding hydrogens is 276 g/mol. The summed E-state index contributed by atoms with van der Waals surface area (Å²) in [6, 6.07) is 4.54. The molecule has 2 N–H and O–H groups in total. The number of carbonyl (C=O) groups is 1. The van der Waals surface area contributed by atoms with Gasteiger partial charge in [0.2, 0.25) is 0 Å². The first-order chi connectivity index (χ1) is 9.95. The highest BCUT2D eigenvalue weighted by Crippen LogP contribution is 2.15. The van der Waals surface area contributed by atoms with E-state index in [0.717, 1.165) is 0 Å². The molecule has 1 aromatic heterocycles. The van der Waals surface area contributed by atoms with Gasteiger partial charge in [-0.3, -0.25) is 9.59 Å². The number of methoxy groups -OCH3 is 1. The molecule has 0 saturated heterocycles. The third kappa shape index (κ3) is 2.87. The van der Waals surface area contributed by atoms with Gasteiger partial charge in [0.25, 0.3) is 0 Å². The van der Waals surface area contributed by atoms with Gasteiger partial charge < -0.3 is 19.4 Å². The summed E-state index contributed by atoms with van der Waals surface area (Å²) < 4.78 is 6.32. The van der Waals surface area contributed by atoms with Gasteiger partial charge in [0.15, 0.2) is 0 Å². The second kappa shape index (κ2) is 5.92. The molecule has 2 rings (SSSR count). The largest absolute Gasteiger partial charge is 0.478 e. The number of carboxylic acids is 1. The summed E-state index contributed by atoms with van der Waals surface area (Å²) in [4.78, 5) is 37.4. The molecule has 1 aromatic carbocycles. The van der Waals surface area contributed by atoms with Crippen LogP contribution < -0.4 is 11.1 Å². The van der Waals surface area contributed by atoms with E-state index in [4.69, 9.17) is 4.74 Å². The van der Waals surface area contributed by atoms with E-state index in [1.54, 1.807) is 19.2 Å². The summed E-state index contributed by atoms with van der Waals surface area (Å²) in [5.74, 6) is -1.16. The normalized spacial score (nSPS) is 12.5. The lowest BCUT2D eigenvalue weighted by atomic mass is 10.1. The Bertz CT molecular complexity index is 790. The molecule has 0 aliphatic heterocycles. The molecule has 0 aliphatic rings. The Kier molecular flexibility index (Phi) is 4.23. The highest BCUT2D eigenvalue weighted by atomic mass is 16.5. The molecule has 0 radical (unpaired) electrons. The molecule has 0 bridgehead atoms. The average Bonchev–Trinajstić information content (AvgIpc) is 2.43. The summed E-state index contributed by atoms with van der Waals surface area (Å²) >= 11 is 0. The van der Waals surface area contributed by atoms with Crippen molar-refractivity contribution < 1.29 is 14.6 Å². The van der Waals surface area contributed by atoms with Gasteiger partial charge in [0, 0.05) is 13.7 Å². The molecule has 0 aliphatic carbocycles. The van der Waals surface area contributed by atoms with Crippen molar-refractivity contribution in [2.75, 3.05) is 13.7 Å². The zero-order valence-corrected chi connectivity index (χ0v) is 11.8. The quantitative estimate of drug-likeness (QED) is 0.789. The van der Waals surface area contributed by atoms with Gasteiger partial charge in [-0.25, -0.2) is 4.79 Å². The van der Waals surface area contributed by atoms with E-state index in [-0.39, 0.29) is 23.5 Å². The number of aromatic amines is 1. The molecule has 0 amide bonds. The van der Waals surface area contributed by atoms with E-state index in [0.29, 0.717) is 12.1 Å². The number of hydrogen-bond donors (Lipinski definition) is 2. The molecule has 112 valence electrons. The van der Waals surface area contributed by atoms with Crippen LogP contribution in [-0.4, -0.2) is 34.3 Å². The SMILES string of the molecule is COCC(C)Cn1c(=O)c(=O)[nH]c2c(C(=O)O)cccc21. The first kappa shape index (κ1) is 15.0. The lowest BCUT2D eigenvalue weighted by molar-refractivity contribution is 0.0698. The maximum atomic E-state index is 12.0. The molecule has 2 aromatic rings. The first-order valence-electron chi connectivity index (χ1n) is 6.43. The van der Waals surface area contributed by atoms with E-state index >= 15 is 0 Å². The smallest absolute Gasteiger partial charge is 0.337 e. The number of aromatic nitrogens is 2. The minimum Gasteiger partial charge on any atom is -0.478 e. The number of para-hydroxylation sites is 1. The van der Waals surface area contributed by atoms with Crippen LogP contribution in [0.3, 0.4) is 0 Å². The van der Waals surface area contributed by atoms with E-state index in [1.165, 1.54) is 10.6 Å². The predicted octanol–water partition coefficient (Wildman–Crippen LogP) is 0.671. The second-order valence-corrected chi connectivity index (χ2v) is 4.94. The lowest BCUT2D eigenvalue weighted by Gasteiger charge is -2.15. The number of aromatic carboxylic acids is 1. The lowest BCUT2D eigenvalue weighted by Crippen LogP contribution is -2.38.